The van der Waals surface area contributed by atoms with Crippen molar-refractivity contribution in [3.63, 3.8) is 0 Å². The standard InChI is InChI=1S/C14H20BrN3O2/c1-17(12-7-5-11(16)6-8-12)9-10-3-2-4-13(14(10)15)18(19)20/h2-4,11-12H,5-9,16H2,1H3. The topological polar surface area (TPSA) is 72.4 Å². The van der Waals surface area contributed by atoms with E-state index in [0.717, 1.165) is 31.2 Å². The number of nitrogens with zero attached hydrogens (tertiary/aromatic N) is 2. The lowest BCUT2D eigenvalue weighted by atomic mass is 9.91. The number of rotatable bonds is 4. The van der Waals surface area contributed by atoms with Crippen LogP contribution in [0.5, 0.6) is 0 Å². The van der Waals surface area contributed by atoms with E-state index < -0.39 is 0 Å². The zero-order valence-corrected chi connectivity index (χ0v) is 13.2. The molecule has 2 N–H and O–H groups in total. The largest absolute Gasteiger partial charge is 0.328 e. The predicted molar refractivity (Wildman–Crippen MR) is 82.5 cm³/mol. The van der Waals surface area contributed by atoms with Crippen molar-refractivity contribution in [1.29, 1.82) is 0 Å². The third-order valence-corrected chi connectivity index (χ3v) is 4.95. The van der Waals surface area contributed by atoms with Crippen molar-refractivity contribution < 1.29 is 4.92 Å². The molecule has 0 aliphatic heterocycles. The Bertz CT molecular complexity index is 487. The lowest BCUT2D eigenvalue weighted by molar-refractivity contribution is -0.385. The fourth-order valence-electron chi connectivity index (χ4n) is 2.77. The van der Waals surface area contributed by atoms with Crippen molar-refractivity contribution >= 4 is 21.6 Å². The summed E-state index contributed by atoms with van der Waals surface area (Å²) in [6, 6.07) is 6.04. The fraction of sp³-hybridized carbons (Fsp3) is 0.571. The summed E-state index contributed by atoms with van der Waals surface area (Å²) in [6.07, 6.45) is 4.32. The monoisotopic (exact) mass is 341 g/mol. The number of halogens is 1. The number of hydrogen-bond acceptors (Lipinski definition) is 4. The molecule has 1 aliphatic rings. The summed E-state index contributed by atoms with van der Waals surface area (Å²) in [4.78, 5) is 12.9. The maximum absolute atomic E-state index is 10.9. The Labute approximate surface area is 127 Å². The SMILES string of the molecule is CN(Cc1cccc([N+](=O)[O-])c1Br)C1CCC(N)CC1. The van der Waals surface area contributed by atoms with E-state index >= 15 is 0 Å². The summed E-state index contributed by atoms with van der Waals surface area (Å²) in [5.41, 5.74) is 7.01. The Kier molecular flexibility index (Phi) is 5.12. The van der Waals surface area contributed by atoms with E-state index in [1.54, 1.807) is 6.07 Å². The summed E-state index contributed by atoms with van der Waals surface area (Å²) in [5.74, 6) is 0. The fourth-order valence-corrected chi connectivity index (χ4v) is 3.30. The van der Waals surface area contributed by atoms with Gasteiger partial charge in [0.25, 0.3) is 5.69 Å². The second-order valence-corrected chi connectivity index (χ2v) is 6.28. The first-order valence-corrected chi connectivity index (χ1v) is 7.66. The van der Waals surface area contributed by atoms with Gasteiger partial charge in [0, 0.05) is 24.7 Å². The van der Waals surface area contributed by atoms with Crippen LogP contribution in [0.4, 0.5) is 5.69 Å². The number of hydrogen-bond donors (Lipinski definition) is 1. The van der Waals surface area contributed by atoms with Crippen molar-refractivity contribution in [2.75, 3.05) is 7.05 Å². The van der Waals surface area contributed by atoms with Gasteiger partial charge in [-0.15, -0.1) is 0 Å². The van der Waals surface area contributed by atoms with Crippen molar-refractivity contribution in [1.82, 2.24) is 4.90 Å². The maximum Gasteiger partial charge on any atom is 0.283 e. The van der Waals surface area contributed by atoms with Crippen molar-refractivity contribution in [2.45, 2.75) is 44.3 Å². The third kappa shape index (κ3) is 3.56. The van der Waals surface area contributed by atoms with E-state index in [1.165, 1.54) is 6.07 Å². The average Bonchev–Trinajstić information content (AvgIpc) is 2.41. The van der Waals surface area contributed by atoms with Crippen LogP contribution < -0.4 is 5.73 Å². The Morgan fingerprint density at radius 1 is 1.40 bits per heavy atom. The second kappa shape index (κ2) is 6.65. The minimum Gasteiger partial charge on any atom is -0.328 e. The molecule has 0 saturated heterocycles. The Morgan fingerprint density at radius 2 is 2.05 bits per heavy atom. The third-order valence-electron chi connectivity index (χ3n) is 4.04. The van der Waals surface area contributed by atoms with Gasteiger partial charge >= 0.3 is 0 Å². The predicted octanol–water partition coefficient (Wildman–Crippen LogP) is 3.06. The van der Waals surface area contributed by atoms with Crippen LogP contribution in [0.25, 0.3) is 0 Å². The molecule has 5 nitrogen and oxygen atoms in total. The first-order valence-electron chi connectivity index (χ1n) is 6.86. The molecule has 0 heterocycles. The lowest BCUT2D eigenvalue weighted by Gasteiger charge is -2.33. The molecule has 110 valence electrons. The van der Waals surface area contributed by atoms with Crippen LogP contribution >= 0.6 is 15.9 Å². The van der Waals surface area contributed by atoms with Gasteiger partial charge in [-0.3, -0.25) is 15.0 Å². The molecule has 1 aromatic carbocycles. The molecule has 20 heavy (non-hydrogen) atoms. The van der Waals surface area contributed by atoms with Crippen LogP contribution in [0.2, 0.25) is 0 Å². The van der Waals surface area contributed by atoms with E-state index in [2.05, 4.69) is 27.9 Å². The second-order valence-electron chi connectivity index (χ2n) is 5.49. The zero-order valence-electron chi connectivity index (χ0n) is 11.6. The normalized spacial score (nSPS) is 23.0. The molecule has 1 fully saturated rings. The highest BCUT2D eigenvalue weighted by atomic mass is 79.9. The van der Waals surface area contributed by atoms with Crippen LogP contribution in [0.15, 0.2) is 22.7 Å². The van der Waals surface area contributed by atoms with Crippen molar-refractivity contribution in [3.05, 3.63) is 38.3 Å². The highest BCUT2D eigenvalue weighted by Gasteiger charge is 2.23. The summed E-state index contributed by atoms with van der Waals surface area (Å²) < 4.78 is 0.587. The number of benzene rings is 1. The minimum atomic E-state index is -0.354. The zero-order chi connectivity index (χ0) is 14.7. The molecule has 0 amide bonds. The van der Waals surface area contributed by atoms with Gasteiger partial charge in [-0.2, -0.15) is 0 Å². The van der Waals surface area contributed by atoms with Gasteiger partial charge in [-0.25, -0.2) is 0 Å². The minimum absolute atomic E-state index is 0.126. The molecule has 1 aliphatic carbocycles. The molecule has 2 rings (SSSR count). The summed E-state index contributed by atoms with van der Waals surface area (Å²) in [6.45, 7) is 0.710. The highest BCUT2D eigenvalue weighted by molar-refractivity contribution is 9.10. The van der Waals surface area contributed by atoms with Gasteiger partial charge in [-0.05, 0) is 54.2 Å². The molecule has 0 spiro atoms. The Hall–Kier alpha value is -0.980. The molecule has 0 atom stereocenters. The number of nitrogens with two attached hydrogens (primary N) is 1. The molecular weight excluding hydrogens is 322 g/mol. The van der Waals surface area contributed by atoms with E-state index in [1.807, 2.05) is 6.07 Å². The maximum atomic E-state index is 10.9. The molecule has 0 radical (unpaired) electrons. The highest BCUT2D eigenvalue weighted by Crippen LogP contribution is 2.30. The van der Waals surface area contributed by atoms with Gasteiger partial charge in [-0.1, -0.05) is 12.1 Å². The van der Waals surface area contributed by atoms with Crippen LogP contribution in [0, 0.1) is 10.1 Å². The molecule has 6 heteroatoms. The van der Waals surface area contributed by atoms with Gasteiger partial charge in [0.2, 0.25) is 0 Å². The van der Waals surface area contributed by atoms with E-state index in [-0.39, 0.29) is 10.6 Å². The molecule has 0 bridgehead atoms. The molecule has 1 aromatic rings. The van der Waals surface area contributed by atoms with Crippen LogP contribution in [-0.2, 0) is 6.54 Å². The van der Waals surface area contributed by atoms with Gasteiger partial charge in [0.1, 0.15) is 0 Å². The van der Waals surface area contributed by atoms with Gasteiger partial charge < -0.3 is 5.73 Å². The summed E-state index contributed by atoms with van der Waals surface area (Å²) in [5, 5.41) is 10.9. The average molecular weight is 342 g/mol. The van der Waals surface area contributed by atoms with Crippen molar-refractivity contribution in [2.24, 2.45) is 5.73 Å². The van der Waals surface area contributed by atoms with Crippen LogP contribution in [-0.4, -0.2) is 29.0 Å². The van der Waals surface area contributed by atoms with E-state index in [9.17, 15) is 10.1 Å². The first kappa shape index (κ1) is 15.4. The molecule has 0 aromatic heterocycles. The summed E-state index contributed by atoms with van der Waals surface area (Å²) in [7, 11) is 2.08. The molecular formula is C14H20BrN3O2. The van der Waals surface area contributed by atoms with Crippen LogP contribution in [0.3, 0.4) is 0 Å². The Balaban J connectivity index is 2.06. The molecule has 1 saturated carbocycles. The lowest BCUT2D eigenvalue weighted by Crippen LogP contribution is -2.38. The molecule has 0 unspecified atom stereocenters. The van der Waals surface area contributed by atoms with Crippen LogP contribution in [0.1, 0.15) is 31.2 Å². The number of nitro groups is 1. The smallest absolute Gasteiger partial charge is 0.283 e. The quantitative estimate of drug-likeness (QED) is 0.674. The van der Waals surface area contributed by atoms with Crippen molar-refractivity contribution in [3.8, 4) is 0 Å². The summed E-state index contributed by atoms with van der Waals surface area (Å²) >= 11 is 3.36. The number of nitro benzene ring substituents is 1. The first-order chi connectivity index (χ1) is 9.49. The van der Waals surface area contributed by atoms with E-state index in [4.69, 9.17) is 5.73 Å². The van der Waals surface area contributed by atoms with Gasteiger partial charge in [0.05, 0.1) is 9.40 Å². The van der Waals surface area contributed by atoms with E-state index in [0.29, 0.717) is 23.1 Å². The Morgan fingerprint density at radius 3 is 2.65 bits per heavy atom. The van der Waals surface area contributed by atoms with Gasteiger partial charge in [0.15, 0.2) is 0 Å².